The number of aromatic nitrogens is 2. The summed E-state index contributed by atoms with van der Waals surface area (Å²) in [5.74, 6) is 0.225. The van der Waals surface area contributed by atoms with E-state index in [-0.39, 0.29) is 5.69 Å². The second-order valence-corrected chi connectivity index (χ2v) is 5.83. The summed E-state index contributed by atoms with van der Waals surface area (Å²) in [6.07, 6.45) is 2.27. The van der Waals surface area contributed by atoms with Crippen LogP contribution in [0.25, 0.3) is 0 Å². The van der Waals surface area contributed by atoms with Crippen molar-refractivity contribution in [3.63, 3.8) is 0 Å². The van der Waals surface area contributed by atoms with Gasteiger partial charge < -0.3 is 19.7 Å². The number of esters is 1. The van der Waals surface area contributed by atoms with E-state index < -0.39 is 18.5 Å². The first kappa shape index (κ1) is 17.7. The van der Waals surface area contributed by atoms with Gasteiger partial charge in [-0.15, -0.1) is 10.2 Å². The largest absolute Gasteiger partial charge is 0.497 e. The van der Waals surface area contributed by atoms with Gasteiger partial charge in [-0.3, -0.25) is 4.79 Å². The molecule has 2 heterocycles. The zero-order valence-corrected chi connectivity index (χ0v) is 14.5. The number of ether oxygens (including phenoxy) is 2. The third-order valence-electron chi connectivity index (χ3n) is 3.98. The molecule has 1 aromatic carbocycles. The number of carbonyl (C=O) groups excluding carboxylic acids is 2. The smallest absolute Gasteiger partial charge is 0.359 e. The molecule has 1 aromatic heterocycles. The van der Waals surface area contributed by atoms with E-state index >= 15 is 0 Å². The normalized spacial score (nSPS) is 13.3. The van der Waals surface area contributed by atoms with E-state index in [1.807, 2.05) is 0 Å². The van der Waals surface area contributed by atoms with Crippen molar-refractivity contribution in [1.29, 1.82) is 0 Å². The predicted molar refractivity (Wildman–Crippen MR) is 95.4 cm³/mol. The average Bonchev–Trinajstić information content (AvgIpc) is 3.21. The summed E-state index contributed by atoms with van der Waals surface area (Å²) in [5.41, 5.74) is 0.627. The third-order valence-corrected chi connectivity index (χ3v) is 3.98. The van der Waals surface area contributed by atoms with Gasteiger partial charge >= 0.3 is 5.97 Å². The second-order valence-electron chi connectivity index (χ2n) is 5.83. The van der Waals surface area contributed by atoms with Crippen LogP contribution in [0.15, 0.2) is 36.4 Å². The molecule has 0 bridgehead atoms. The van der Waals surface area contributed by atoms with E-state index in [0.717, 1.165) is 31.7 Å². The number of nitrogens with one attached hydrogen (secondary N) is 1. The Morgan fingerprint density at radius 2 is 1.96 bits per heavy atom. The zero-order chi connectivity index (χ0) is 18.4. The van der Waals surface area contributed by atoms with Crippen LogP contribution in [0.1, 0.15) is 23.3 Å². The summed E-state index contributed by atoms with van der Waals surface area (Å²) in [4.78, 5) is 26.0. The lowest BCUT2D eigenvalue weighted by molar-refractivity contribution is -0.119. The first-order chi connectivity index (χ1) is 12.7. The van der Waals surface area contributed by atoms with Crippen molar-refractivity contribution in [2.45, 2.75) is 12.8 Å². The van der Waals surface area contributed by atoms with Crippen molar-refractivity contribution in [1.82, 2.24) is 10.2 Å². The quantitative estimate of drug-likeness (QED) is 0.790. The van der Waals surface area contributed by atoms with Crippen LogP contribution in [0, 0.1) is 0 Å². The summed E-state index contributed by atoms with van der Waals surface area (Å²) < 4.78 is 10.1. The molecule has 1 amide bonds. The lowest BCUT2D eigenvalue weighted by Gasteiger charge is -2.15. The summed E-state index contributed by atoms with van der Waals surface area (Å²) in [6, 6.07) is 10.2. The van der Waals surface area contributed by atoms with Crippen LogP contribution in [0.3, 0.4) is 0 Å². The molecule has 1 aliphatic rings. The van der Waals surface area contributed by atoms with Crippen LogP contribution in [0.2, 0.25) is 0 Å². The molecule has 0 spiro atoms. The topological polar surface area (TPSA) is 93.6 Å². The number of hydrogen-bond donors (Lipinski definition) is 1. The third kappa shape index (κ3) is 4.47. The predicted octanol–water partition coefficient (Wildman–Crippen LogP) is 1.88. The molecule has 0 aliphatic carbocycles. The molecule has 1 saturated heterocycles. The van der Waals surface area contributed by atoms with E-state index in [1.165, 1.54) is 0 Å². The Morgan fingerprint density at radius 1 is 1.15 bits per heavy atom. The van der Waals surface area contributed by atoms with Crippen LogP contribution in [-0.4, -0.2) is 48.9 Å². The Bertz CT molecular complexity index is 773. The number of hydrogen-bond acceptors (Lipinski definition) is 7. The van der Waals surface area contributed by atoms with E-state index in [0.29, 0.717) is 11.4 Å². The fraction of sp³-hybridized carbons (Fsp3) is 0.333. The fourth-order valence-corrected chi connectivity index (χ4v) is 2.65. The maximum absolute atomic E-state index is 12.0. The van der Waals surface area contributed by atoms with Gasteiger partial charge in [-0.1, -0.05) is 6.07 Å². The first-order valence-electron chi connectivity index (χ1n) is 8.35. The molecular formula is C18H20N4O4. The van der Waals surface area contributed by atoms with Crippen molar-refractivity contribution < 1.29 is 19.1 Å². The number of carbonyl (C=O) groups is 2. The highest BCUT2D eigenvalue weighted by Crippen LogP contribution is 2.17. The van der Waals surface area contributed by atoms with Crippen LogP contribution >= 0.6 is 0 Å². The molecule has 0 radical (unpaired) electrons. The Labute approximate surface area is 151 Å². The second kappa shape index (κ2) is 8.28. The number of benzene rings is 1. The molecule has 0 saturated carbocycles. The molecule has 8 heteroatoms. The molecule has 2 aromatic rings. The van der Waals surface area contributed by atoms with Crippen molar-refractivity contribution in [2.24, 2.45) is 0 Å². The highest BCUT2D eigenvalue weighted by atomic mass is 16.5. The monoisotopic (exact) mass is 356 g/mol. The van der Waals surface area contributed by atoms with E-state index in [2.05, 4.69) is 20.4 Å². The molecule has 1 fully saturated rings. The van der Waals surface area contributed by atoms with Crippen molar-refractivity contribution in [2.75, 3.05) is 37.0 Å². The van der Waals surface area contributed by atoms with Gasteiger partial charge in [0.05, 0.1) is 7.11 Å². The molecule has 0 unspecified atom stereocenters. The molecule has 26 heavy (non-hydrogen) atoms. The number of nitrogens with zero attached hydrogens (tertiary/aromatic N) is 3. The highest BCUT2D eigenvalue weighted by molar-refractivity contribution is 5.94. The van der Waals surface area contributed by atoms with E-state index in [9.17, 15) is 9.59 Å². The average molecular weight is 356 g/mol. The Kier molecular flexibility index (Phi) is 5.62. The van der Waals surface area contributed by atoms with Gasteiger partial charge in [0.25, 0.3) is 5.91 Å². The minimum atomic E-state index is -0.689. The maximum atomic E-state index is 12.0. The van der Waals surface area contributed by atoms with Gasteiger partial charge in [0.1, 0.15) is 5.75 Å². The molecule has 8 nitrogen and oxygen atoms in total. The van der Waals surface area contributed by atoms with Crippen LogP contribution < -0.4 is 15.0 Å². The molecule has 136 valence electrons. The van der Waals surface area contributed by atoms with Crippen LogP contribution in [-0.2, 0) is 9.53 Å². The van der Waals surface area contributed by atoms with Gasteiger partial charge in [0, 0.05) is 24.8 Å². The molecular weight excluding hydrogens is 336 g/mol. The zero-order valence-electron chi connectivity index (χ0n) is 14.5. The first-order valence-corrected chi connectivity index (χ1v) is 8.35. The van der Waals surface area contributed by atoms with Crippen LogP contribution in [0.5, 0.6) is 5.75 Å². The van der Waals surface area contributed by atoms with Gasteiger partial charge in [-0.2, -0.15) is 0 Å². The molecule has 3 rings (SSSR count). The number of methoxy groups -OCH3 is 1. The number of rotatable bonds is 6. The van der Waals surface area contributed by atoms with Crippen molar-refractivity contribution in [3.05, 3.63) is 42.1 Å². The Hall–Kier alpha value is -3.16. The molecule has 1 aliphatic heterocycles. The number of anilines is 2. The summed E-state index contributed by atoms with van der Waals surface area (Å²) >= 11 is 0. The lowest BCUT2D eigenvalue weighted by atomic mass is 10.3. The SMILES string of the molecule is COc1cccc(NC(=O)COC(=O)c2ccc(N3CCCC3)nn2)c1. The molecule has 1 N–H and O–H groups in total. The van der Waals surface area contributed by atoms with E-state index in [1.54, 1.807) is 43.5 Å². The standard InChI is InChI=1S/C18H20N4O4/c1-25-14-6-4-5-13(11-14)19-17(23)12-26-18(24)15-7-8-16(21-20-15)22-9-2-3-10-22/h4-8,11H,2-3,9-10,12H2,1H3,(H,19,23). The summed E-state index contributed by atoms with van der Waals surface area (Å²) in [7, 11) is 1.54. The highest BCUT2D eigenvalue weighted by Gasteiger charge is 2.16. The fourth-order valence-electron chi connectivity index (χ4n) is 2.65. The van der Waals surface area contributed by atoms with Gasteiger partial charge in [0.2, 0.25) is 0 Å². The van der Waals surface area contributed by atoms with Gasteiger partial charge in [0.15, 0.2) is 18.1 Å². The summed E-state index contributed by atoms with van der Waals surface area (Å²) in [6.45, 7) is 1.48. The van der Waals surface area contributed by atoms with Crippen molar-refractivity contribution >= 4 is 23.4 Å². The maximum Gasteiger partial charge on any atom is 0.359 e. The molecule has 0 atom stereocenters. The number of amides is 1. The Balaban J connectivity index is 1.50. The van der Waals surface area contributed by atoms with Gasteiger partial charge in [-0.05, 0) is 37.1 Å². The van der Waals surface area contributed by atoms with Gasteiger partial charge in [-0.25, -0.2) is 4.79 Å². The van der Waals surface area contributed by atoms with Crippen molar-refractivity contribution in [3.8, 4) is 5.75 Å². The minimum Gasteiger partial charge on any atom is -0.497 e. The minimum absolute atomic E-state index is 0.0714. The summed E-state index contributed by atoms with van der Waals surface area (Å²) in [5, 5.41) is 10.6. The Morgan fingerprint density at radius 3 is 2.65 bits per heavy atom. The van der Waals surface area contributed by atoms with Crippen LogP contribution in [0.4, 0.5) is 11.5 Å². The van der Waals surface area contributed by atoms with E-state index in [4.69, 9.17) is 9.47 Å². The lowest BCUT2D eigenvalue weighted by Crippen LogP contribution is -2.22.